The highest BCUT2D eigenvalue weighted by molar-refractivity contribution is 9.10. The van der Waals surface area contributed by atoms with Gasteiger partial charge in [-0.2, -0.15) is 0 Å². The van der Waals surface area contributed by atoms with E-state index in [9.17, 15) is 13.2 Å². The fraction of sp³-hybridized carbons (Fsp3) is 0.235. The van der Waals surface area contributed by atoms with E-state index in [0.717, 1.165) is 0 Å². The third kappa shape index (κ3) is 3.96. The molecule has 0 aliphatic carbocycles. The van der Waals surface area contributed by atoms with Crippen molar-refractivity contribution in [2.75, 3.05) is 13.7 Å². The van der Waals surface area contributed by atoms with Gasteiger partial charge in [-0.1, -0.05) is 24.3 Å². The van der Waals surface area contributed by atoms with Crippen molar-refractivity contribution in [3.05, 3.63) is 58.1 Å². The van der Waals surface area contributed by atoms with E-state index < -0.39 is 15.8 Å². The van der Waals surface area contributed by atoms with E-state index in [2.05, 4.69) is 15.9 Å². The fourth-order valence-corrected chi connectivity index (χ4v) is 4.42. The summed E-state index contributed by atoms with van der Waals surface area (Å²) in [6.07, 6.45) is 0. The van der Waals surface area contributed by atoms with Gasteiger partial charge in [-0.15, -0.1) is 0 Å². The Kier molecular flexibility index (Phi) is 6.01. The highest BCUT2D eigenvalue weighted by atomic mass is 79.9. The number of sulfone groups is 1. The predicted molar refractivity (Wildman–Crippen MR) is 94.0 cm³/mol. The number of methoxy groups -OCH3 is 1. The summed E-state index contributed by atoms with van der Waals surface area (Å²) in [6, 6.07) is 11.3. The second-order valence-corrected chi connectivity index (χ2v) is 7.69. The minimum Gasteiger partial charge on any atom is -0.495 e. The molecule has 2 aromatic carbocycles. The van der Waals surface area contributed by atoms with Crippen LogP contribution in [-0.2, 0) is 20.3 Å². The van der Waals surface area contributed by atoms with Crippen LogP contribution in [-0.4, -0.2) is 28.1 Å². The lowest BCUT2D eigenvalue weighted by atomic mass is 10.1. The van der Waals surface area contributed by atoms with Crippen molar-refractivity contribution < 1.29 is 22.7 Å². The van der Waals surface area contributed by atoms with E-state index in [4.69, 9.17) is 9.47 Å². The monoisotopic (exact) mass is 412 g/mol. The van der Waals surface area contributed by atoms with Gasteiger partial charge < -0.3 is 9.47 Å². The fourth-order valence-electron chi connectivity index (χ4n) is 2.19. The van der Waals surface area contributed by atoms with Gasteiger partial charge in [0.05, 0.1) is 28.8 Å². The second-order valence-electron chi connectivity index (χ2n) is 4.91. The van der Waals surface area contributed by atoms with Gasteiger partial charge in [-0.25, -0.2) is 13.2 Å². The van der Waals surface area contributed by atoms with Gasteiger partial charge in [0.25, 0.3) is 0 Å². The molecule has 0 saturated heterocycles. The van der Waals surface area contributed by atoms with Crippen LogP contribution in [0.5, 0.6) is 5.75 Å². The Balaban J connectivity index is 2.41. The van der Waals surface area contributed by atoms with Crippen LogP contribution in [0.3, 0.4) is 0 Å². The maximum Gasteiger partial charge on any atom is 0.341 e. The molecule has 0 fully saturated rings. The maximum atomic E-state index is 12.5. The number of ether oxygens (including phenoxy) is 2. The molecule has 128 valence electrons. The first-order valence-corrected chi connectivity index (χ1v) is 9.65. The predicted octanol–water partition coefficient (Wildman–Crippen LogP) is 3.61. The Hall–Kier alpha value is -1.86. The van der Waals surface area contributed by atoms with E-state index in [-0.39, 0.29) is 28.6 Å². The summed E-state index contributed by atoms with van der Waals surface area (Å²) in [7, 11) is -2.09. The van der Waals surface area contributed by atoms with E-state index in [1.165, 1.54) is 13.2 Å². The summed E-state index contributed by atoms with van der Waals surface area (Å²) < 4.78 is 35.7. The van der Waals surface area contributed by atoms with Crippen molar-refractivity contribution in [3.8, 4) is 5.75 Å². The zero-order chi connectivity index (χ0) is 17.7. The molecule has 0 bridgehead atoms. The molecular weight excluding hydrogens is 396 g/mol. The van der Waals surface area contributed by atoms with Gasteiger partial charge in [-0.3, -0.25) is 0 Å². The first kappa shape index (κ1) is 18.5. The van der Waals surface area contributed by atoms with E-state index in [0.29, 0.717) is 10.0 Å². The molecule has 2 aromatic rings. The van der Waals surface area contributed by atoms with Gasteiger partial charge in [0.15, 0.2) is 9.84 Å². The molecule has 0 unspecified atom stereocenters. The highest BCUT2D eigenvalue weighted by Gasteiger charge is 2.22. The average Bonchev–Trinajstić information content (AvgIpc) is 2.57. The number of rotatable bonds is 6. The van der Waals surface area contributed by atoms with Gasteiger partial charge in [0.1, 0.15) is 11.3 Å². The summed E-state index contributed by atoms with van der Waals surface area (Å²) in [6.45, 7) is 1.95. The third-order valence-corrected chi connectivity index (χ3v) is 5.88. The zero-order valence-electron chi connectivity index (χ0n) is 13.3. The standard InChI is InChI=1S/C17H17BrO5S/c1-3-23-17(19)14-10-9-12(15(18)16(14)22-2)11-24(20,21)13-7-5-4-6-8-13/h4-10H,3,11H2,1-2H3. The van der Waals surface area contributed by atoms with Gasteiger partial charge >= 0.3 is 5.97 Å². The number of benzene rings is 2. The van der Waals surface area contributed by atoms with Crippen LogP contribution in [0.1, 0.15) is 22.8 Å². The average molecular weight is 413 g/mol. The molecule has 0 aliphatic rings. The van der Waals surface area contributed by atoms with Crippen LogP contribution in [0.2, 0.25) is 0 Å². The molecule has 5 nitrogen and oxygen atoms in total. The van der Waals surface area contributed by atoms with Crippen LogP contribution in [0.4, 0.5) is 0 Å². The third-order valence-electron chi connectivity index (χ3n) is 3.32. The Bertz CT molecular complexity index is 832. The molecule has 0 spiro atoms. The molecule has 7 heteroatoms. The SMILES string of the molecule is CCOC(=O)c1ccc(CS(=O)(=O)c2ccccc2)c(Br)c1OC. The summed E-state index contributed by atoms with van der Waals surface area (Å²) >= 11 is 3.34. The molecule has 0 N–H and O–H groups in total. The molecule has 0 atom stereocenters. The van der Waals surface area contributed by atoms with Crippen molar-refractivity contribution in [2.24, 2.45) is 0 Å². The molecular formula is C17H17BrO5S. The quantitative estimate of drug-likeness (QED) is 0.677. The Morgan fingerprint density at radius 1 is 1.12 bits per heavy atom. The van der Waals surface area contributed by atoms with Crippen LogP contribution >= 0.6 is 15.9 Å². The van der Waals surface area contributed by atoms with E-state index >= 15 is 0 Å². The first-order valence-electron chi connectivity index (χ1n) is 7.21. The number of esters is 1. The Labute approximate surface area is 149 Å². The van der Waals surface area contributed by atoms with Crippen molar-refractivity contribution >= 4 is 31.7 Å². The Morgan fingerprint density at radius 3 is 2.38 bits per heavy atom. The Morgan fingerprint density at radius 2 is 1.79 bits per heavy atom. The molecule has 24 heavy (non-hydrogen) atoms. The molecule has 0 heterocycles. The molecule has 0 amide bonds. The largest absolute Gasteiger partial charge is 0.495 e. The minimum absolute atomic E-state index is 0.211. The van der Waals surface area contributed by atoms with Gasteiger partial charge in [0.2, 0.25) is 0 Å². The van der Waals surface area contributed by atoms with Gasteiger partial charge in [-0.05, 0) is 46.6 Å². The van der Waals surface area contributed by atoms with Crippen molar-refractivity contribution in [1.29, 1.82) is 0 Å². The van der Waals surface area contributed by atoms with E-state index in [1.54, 1.807) is 43.3 Å². The van der Waals surface area contributed by atoms with Crippen LogP contribution in [0.15, 0.2) is 51.8 Å². The lowest BCUT2D eigenvalue weighted by molar-refractivity contribution is 0.0522. The summed E-state index contributed by atoms with van der Waals surface area (Å²) in [4.78, 5) is 12.2. The molecule has 0 saturated carbocycles. The van der Waals surface area contributed by atoms with Crippen molar-refractivity contribution in [1.82, 2.24) is 0 Å². The number of carbonyl (C=O) groups is 1. The molecule has 2 rings (SSSR count). The second kappa shape index (κ2) is 7.81. The highest BCUT2D eigenvalue weighted by Crippen LogP contribution is 2.34. The number of halogens is 1. The maximum absolute atomic E-state index is 12.5. The van der Waals surface area contributed by atoms with Gasteiger partial charge in [0, 0.05) is 0 Å². The minimum atomic E-state index is -3.51. The summed E-state index contributed by atoms with van der Waals surface area (Å²) in [5.41, 5.74) is 0.746. The smallest absolute Gasteiger partial charge is 0.341 e. The van der Waals surface area contributed by atoms with Crippen molar-refractivity contribution in [3.63, 3.8) is 0 Å². The van der Waals surface area contributed by atoms with E-state index in [1.807, 2.05) is 0 Å². The lowest BCUT2D eigenvalue weighted by Gasteiger charge is -2.13. The number of hydrogen-bond acceptors (Lipinski definition) is 5. The summed E-state index contributed by atoms with van der Waals surface area (Å²) in [5.74, 6) is -0.474. The lowest BCUT2D eigenvalue weighted by Crippen LogP contribution is -2.10. The topological polar surface area (TPSA) is 69.7 Å². The van der Waals surface area contributed by atoms with Crippen LogP contribution in [0, 0.1) is 0 Å². The normalized spacial score (nSPS) is 11.1. The zero-order valence-corrected chi connectivity index (χ0v) is 15.7. The number of carbonyl (C=O) groups excluding carboxylic acids is 1. The van der Waals surface area contributed by atoms with Crippen molar-refractivity contribution in [2.45, 2.75) is 17.6 Å². The first-order chi connectivity index (χ1) is 11.4. The number of hydrogen-bond donors (Lipinski definition) is 0. The molecule has 0 aliphatic heterocycles. The van der Waals surface area contributed by atoms with Crippen LogP contribution in [0.25, 0.3) is 0 Å². The summed E-state index contributed by atoms with van der Waals surface area (Å²) in [5, 5.41) is 0. The van der Waals surface area contributed by atoms with Crippen LogP contribution < -0.4 is 4.74 Å². The molecule has 0 radical (unpaired) electrons. The molecule has 0 aromatic heterocycles.